The second-order valence-corrected chi connectivity index (χ2v) is 3.34. The van der Waals surface area contributed by atoms with Crippen LogP contribution in [0.3, 0.4) is 0 Å². The zero-order valence-corrected chi connectivity index (χ0v) is 9.01. The number of aliphatic hydroxyl groups excluding tert-OH is 1. The lowest BCUT2D eigenvalue weighted by atomic mass is 10.2. The Kier molecular flexibility index (Phi) is 4.47. The number of aromatic nitrogens is 1. The molecule has 2 N–H and O–H groups in total. The molecule has 0 aliphatic rings. The summed E-state index contributed by atoms with van der Waals surface area (Å²) in [6.07, 6.45) is 9.19. The highest BCUT2D eigenvalue weighted by Crippen LogP contribution is 1.89. The SMILES string of the molecule is CC/C=c1/c(CCO)c[nH]/c1=C/CC. The molecule has 0 spiro atoms. The quantitative estimate of drug-likeness (QED) is 0.733. The van der Waals surface area contributed by atoms with E-state index in [9.17, 15) is 0 Å². The lowest BCUT2D eigenvalue weighted by Crippen LogP contribution is -2.25. The molecule has 0 aliphatic heterocycles. The number of H-pyrrole nitrogens is 1. The van der Waals surface area contributed by atoms with Crippen LogP contribution in [0, 0.1) is 0 Å². The molecule has 0 radical (unpaired) electrons. The van der Waals surface area contributed by atoms with E-state index in [1.165, 1.54) is 16.1 Å². The van der Waals surface area contributed by atoms with E-state index in [1.807, 2.05) is 6.20 Å². The third-order valence-corrected chi connectivity index (χ3v) is 2.24. The van der Waals surface area contributed by atoms with Crippen LogP contribution in [0.2, 0.25) is 0 Å². The molecule has 0 aromatic carbocycles. The highest BCUT2D eigenvalue weighted by Gasteiger charge is 1.97. The van der Waals surface area contributed by atoms with Gasteiger partial charge in [-0.15, -0.1) is 0 Å². The van der Waals surface area contributed by atoms with Crippen LogP contribution < -0.4 is 10.6 Å². The van der Waals surface area contributed by atoms with E-state index in [-0.39, 0.29) is 6.61 Å². The van der Waals surface area contributed by atoms with E-state index in [0.717, 1.165) is 19.3 Å². The molecule has 0 saturated carbocycles. The van der Waals surface area contributed by atoms with Gasteiger partial charge in [0.15, 0.2) is 0 Å². The smallest absolute Gasteiger partial charge is 0.0472 e. The molecule has 78 valence electrons. The normalized spacial score (nSPS) is 13.9. The van der Waals surface area contributed by atoms with Gasteiger partial charge >= 0.3 is 0 Å². The fourth-order valence-corrected chi connectivity index (χ4v) is 1.64. The minimum atomic E-state index is 0.216. The summed E-state index contributed by atoms with van der Waals surface area (Å²) in [6.45, 7) is 4.47. The summed E-state index contributed by atoms with van der Waals surface area (Å²) in [6, 6.07) is 0. The van der Waals surface area contributed by atoms with Crippen molar-refractivity contribution in [3.8, 4) is 0 Å². The molecular formula is C12H19NO. The van der Waals surface area contributed by atoms with Crippen LogP contribution in [0.5, 0.6) is 0 Å². The van der Waals surface area contributed by atoms with Crippen molar-refractivity contribution in [1.82, 2.24) is 4.98 Å². The molecule has 0 aliphatic carbocycles. The molecule has 0 saturated heterocycles. The molecule has 2 heteroatoms. The first kappa shape index (κ1) is 11.1. The maximum absolute atomic E-state index is 8.91. The molecule has 0 atom stereocenters. The number of hydrogen-bond donors (Lipinski definition) is 2. The van der Waals surface area contributed by atoms with Crippen molar-refractivity contribution in [3.05, 3.63) is 22.3 Å². The Labute approximate surface area is 85.0 Å². The number of aromatic amines is 1. The molecule has 0 amide bonds. The summed E-state index contributed by atoms with van der Waals surface area (Å²) in [5, 5.41) is 11.4. The number of nitrogens with one attached hydrogen (secondary N) is 1. The van der Waals surface area contributed by atoms with Gasteiger partial charge in [-0.05, 0) is 30.0 Å². The van der Waals surface area contributed by atoms with Gasteiger partial charge in [0.25, 0.3) is 0 Å². The molecule has 1 aromatic rings. The minimum absolute atomic E-state index is 0.216. The second kappa shape index (κ2) is 5.66. The maximum atomic E-state index is 8.91. The predicted octanol–water partition coefficient (Wildman–Crippen LogP) is 0.930. The van der Waals surface area contributed by atoms with Crippen LogP contribution in [-0.4, -0.2) is 16.7 Å². The predicted molar refractivity (Wildman–Crippen MR) is 60.3 cm³/mol. The Morgan fingerprint density at radius 3 is 2.57 bits per heavy atom. The Morgan fingerprint density at radius 2 is 2.00 bits per heavy atom. The standard InChI is InChI=1S/C12H19NO/c1-3-5-11-10(7-8-14)9-13-12(11)6-4-2/h5-6,9,13-14H,3-4,7-8H2,1-2H3/b11-5-,12-6+. The van der Waals surface area contributed by atoms with E-state index < -0.39 is 0 Å². The van der Waals surface area contributed by atoms with Crippen molar-refractivity contribution >= 4 is 12.2 Å². The van der Waals surface area contributed by atoms with Gasteiger partial charge in [0.2, 0.25) is 0 Å². The average Bonchev–Trinajstić information content (AvgIpc) is 2.52. The van der Waals surface area contributed by atoms with Crippen LogP contribution in [0.4, 0.5) is 0 Å². The second-order valence-electron chi connectivity index (χ2n) is 3.34. The Balaban J connectivity index is 3.21. The van der Waals surface area contributed by atoms with Crippen molar-refractivity contribution in [1.29, 1.82) is 0 Å². The molecular weight excluding hydrogens is 174 g/mol. The summed E-state index contributed by atoms with van der Waals surface area (Å²) in [7, 11) is 0. The number of rotatable bonds is 4. The van der Waals surface area contributed by atoms with Gasteiger partial charge in [-0.1, -0.05) is 26.0 Å². The number of aliphatic hydroxyl groups is 1. The lowest BCUT2D eigenvalue weighted by molar-refractivity contribution is 0.299. The van der Waals surface area contributed by atoms with Crippen molar-refractivity contribution in [2.75, 3.05) is 6.61 Å². The molecule has 1 rings (SSSR count). The van der Waals surface area contributed by atoms with Gasteiger partial charge in [-0.3, -0.25) is 0 Å². The molecule has 1 aromatic heterocycles. The Hall–Kier alpha value is -1.02. The first-order chi connectivity index (χ1) is 6.83. The summed E-state index contributed by atoms with van der Waals surface area (Å²) in [4.78, 5) is 3.25. The summed E-state index contributed by atoms with van der Waals surface area (Å²) < 4.78 is 0. The lowest BCUT2D eigenvalue weighted by Gasteiger charge is -1.91. The fourth-order valence-electron chi connectivity index (χ4n) is 1.64. The topological polar surface area (TPSA) is 36.0 Å². The van der Waals surface area contributed by atoms with Crippen LogP contribution in [0.1, 0.15) is 32.3 Å². The van der Waals surface area contributed by atoms with Crippen molar-refractivity contribution in [2.24, 2.45) is 0 Å². The van der Waals surface area contributed by atoms with Crippen LogP contribution >= 0.6 is 0 Å². The first-order valence-corrected chi connectivity index (χ1v) is 5.31. The number of hydrogen-bond acceptors (Lipinski definition) is 1. The van der Waals surface area contributed by atoms with Crippen molar-refractivity contribution in [2.45, 2.75) is 33.1 Å². The van der Waals surface area contributed by atoms with Gasteiger partial charge < -0.3 is 10.1 Å². The van der Waals surface area contributed by atoms with Gasteiger partial charge in [0, 0.05) is 18.2 Å². The average molecular weight is 193 g/mol. The van der Waals surface area contributed by atoms with Crippen LogP contribution in [-0.2, 0) is 6.42 Å². The highest BCUT2D eigenvalue weighted by atomic mass is 16.2. The minimum Gasteiger partial charge on any atom is -0.396 e. The Bertz CT molecular complexity index is 376. The zero-order valence-electron chi connectivity index (χ0n) is 9.01. The van der Waals surface area contributed by atoms with E-state index in [2.05, 4.69) is 31.0 Å². The van der Waals surface area contributed by atoms with Crippen LogP contribution in [0.25, 0.3) is 12.2 Å². The summed E-state index contributed by atoms with van der Waals surface area (Å²) >= 11 is 0. The third kappa shape index (κ3) is 2.48. The largest absolute Gasteiger partial charge is 0.396 e. The molecule has 1 heterocycles. The van der Waals surface area contributed by atoms with Gasteiger partial charge in [0.1, 0.15) is 0 Å². The summed E-state index contributed by atoms with van der Waals surface area (Å²) in [5.41, 5.74) is 1.22. The van der Waals surface area contributed by atoms with E-state index in [4.69, 9.17) is 5.11 Å². The highest BCUT2D eigenvalue weighted by molar-refractivity contribution is 5.33. The third-order valence-electron chi connectivity index (χ3n) is 2.24. The monoisotopic (exact) mass is 193 g/mol. The van der Waals surface area contributed by atoms with Gasteiger partial charge in [-0.25, -0.2) is 0 Å². The molecule has 0 fully saturated rings. The van der Waals surface area contributed by atoms with Gasteiger partial charge in [0.05, 0.1) is 0 Å². The van der Waals surface area contributed by atoms with Crippen LogP contribution in [0.15, 0.2) is 6.20 Å². The molecule has 0 unspecified atom stereocenters. The van der Waals surface area contributed by atoms with E-state index >= 15 is 0 Å². The van der Waals surface area contributed by atoms with Crippen molar-refractivity contribution < 1.29 is 5.11 Å². The maximum Gasteiger partial charge on any atom is 0.0472 e. The Morgan fingerprint density at radius 1 is 1.29 bits per heavy atom. The van der Waals surface area contributed by atoms with Gasteiger partial charge in [-0.2, -0.15) is 0 Å². The van der Waals surface area contributed by atoms with E-state index in [1.54, 1.807) is 0 Å². The fraction of sp³-hybridized carbons (Fsp3) is 0.500. The zero-order chi connectivity index (χ0) is 10.4. The summed E-state index contributed by atoms with van der Waals surface area (Å²) in [5.74, 6) is 0. The molecule has 0 bridgehead atoms. The van der Waals surface area contributed by atoms with Crippen molar-refractivity contribution in [3.63, 3.8) is 0 Å². The molecule has 2 nitrogen and oxygen atoms in total. The van der Waals surface area contributed by atoms with E-state index in [0.29, 0.717) is 0 Å². The first-order valence-electron chi connectivity index (χ1n) is 5.31. The molecule has 14 heavy (non-hydrogen) atoms.